The smallest absolute Gasteiger partial charge is 0.259 e. The lowest BCUT2D eigenvalue weighted by molar-refractivity contribution is -0.126. The van der Waals surface area contributed by atoms with Crippen LogP contribution < -0.4 is 15.5 Å². The van der Waals surface area contributed by atoms with Crippen LogP contribution in [0.15, 0.2) is 65.8 Å². The predicted molar refractivity (Wildman–Crippen MR) is 146 cm³/mol. The topological polar surface area (TPSA) is 79.8 Å². The maximum absolute atomic E-state index is 13.2. The van der Waals surface area contributed by atoms with E-state index in [4.69, 9.17) is 4.74 Å². The molecule has 6 nitrogen and oxygen atoms in total. The fourth-order valence-electron chi connectivity index (χ4n) is 3.99. The largest absolute Gasteiger partial charge is 0.488 e. The summed E-state index contributed by atoms with van der Waals surface area (Å²) in [6.07, 6.45) is 9.94. The zero-order valence-corrected chi connectivity index (χ0v) is 21.5. The number of benzene rings is 3. The fraction of sp³-hybridized carbons (Fsp3) is 0.367. The van der Waals surface area contributed by atoms with Crippen LogP contribution >= 0.6 is 0 Å². The van der Waals surface area contributed by atoms with Gasteiger partial charge in [0.15, 0.2) is 0 Å². The van der Waals surface area contributed by atoms with E-state index in [0.29, 0.717) is 17.7 Å². The number of carbonyl (C=O) groups excluding carboxylic acids is 2. The monoisotopic (exact) mass is 505 g/mol. The van der Waals surface area contributed by atoms with Gasteiger partial charge in [-0.25, -0.2) is 9.82 Å². The molecule has 7 heteroatoms. The van der Waals surface area contributed by atoms with Crippen molar-refractivity contribution in [2.45, 2.75) is 64.9 Å². The van der Waals surface area contributed by atoms with Crippen molar-refractivity contribution < 1.29 is 18.7 Å². The predicted octanol–water partition coefficient (Wildman–Crippen LogP) is 6.26. The van der Waals surface area contributed by atoms with E-state index in [1.807, 2.05) is 36.4 Å². The van der Waals surface area contributed by atoms with Crippen LogP contribution in [0.5, 0.6) is 5.75 Å². The summed E-state index contributed by atoms with van der Waals surface area (Å²) in [7, 11) is 0. The van der Waals surface area contributed by atoms with Crippen LogP contribution in [0, 0.1) is 5.82 Å². The van der Waals surface area contributed by atoms with Crippen LogP contribution in [0.2, 0.25) is 0 Å². The van der Waals surface area contributed by atoms with Gasteiger partial charge in [-0.2, -0.15) is 5.10 Å². The Hall–Kier alpha value is -3.74. The van der Waals surface area contributed by atoms with E-state index in [0.717, 1.165) is 35.6 Å². The average Bonchev–Trinajstić information content (AvgIpc) is 2.91. The van der Waals surface area contributed by atoms with Crippen LogP contribution in [0.3, 0.4) is 0 Å². The van der Waals surface area contributed by atoms with Gasteiger partial charge in [0.05, 0.1) is 12.8 Å². The second-order valence-electron chi connectivity index (χ2n) is 9.05. The SMILES string of the molecule is CCCCCCCCCC(=O)NCC(=O)N/N=C/c1c(OCc2ccc(F)cc2)ccc2ccccc12. The minimum Gasteiger partial charge on any atom is -0.488 e. The molecule has 3 rings (SSSR count). The van der Waals surface area contributed by atoms with Crippen LogP contribution in [0.25, 0.3) is 10.8 Å². The first kappa shape index (κ1) is 27.8. The fourth-order valence-corrected chi connectivity index (χ4v) is 3.99. The van der Waals surface area contributed by atoms with Gasteiger partial charge in [0.1, 0.15) is 18.2 Å². The highest BCUT2D eigenvalue weighted by Gasteiger charge is 2.09. The first-order chi connectivity index (χ1) is 18.1. The summed E-state index contributed by atoms with van der Waals surface area (Å²) >= 11 is 0. The van der Waals surface area contributed by atoms with Gasteiger partial charge in [-0.15, -0.1) is 0 Å². The van der Waals surface area contributed by atoms with Gasteiger partial charge in [-0.05, 0) is 41.0 Å². The summed E-state index contributed by atoms with van der Waals surface area (Å²) in [5.74, 6) is -0.243. The van der Waals surface area contributed by atoms with Crippen molar-refractivity contribution in [2.75, 3.05) is 6.54 Å². The maximum atomic E-state index is 13.2. The van der Waals surface area contributed by atoms with E-state index in [1.165, 1.54) is 37.8 Å². The van der Waals surface area contributed by atoms with Crippen LogP contribution in [0.4, 0.5) is 4.39 Å². The molecule has 0 atom stereocenters. The number of fused-ring (bicyclic) bond motifs is 1. The minimum absolute atomic E-state index is 0.127. The van der Waals surface area contributed by atoms with E-state index in [2.05, 4.69) is 22.8 Å². The van der Waals surface area contributed by atoms with Gasteiger partial charge >= 0.3 is 0 Å². The number of hydrazone groups is 1. The lowest BCUT2D eigenvalue weighted by atomic mass is 10.0. The van der Waals surface area contributed by atoms with Gasteiger partial charge in [-0.3, -0.25) is 9.59 Å². The molecule has 196 valence electrons. The molecular formula is C30H36FN3O3. The second kappa shape index (κ2) is 15.4. The van der Waals surface area contributed by atoms with Gasteiger partial charge in [0.25, 0.3) is 5.91 Å². The van der Waals surface area contributed by atoms with Crippen LogP contribution in [-0.4, -0.2) is 24.6 Å². The molecule has 0 aliphatic heterocycles. The van der Waals surface area contributed by atoms with Crippen molar-refractivity contribution in [2.24, 2.45) is 5.10 Å². The highest BCUT2D eigenvalue weighted by atomic mass is 19.1. The lowest BCUT2D eigenvalue weighted by Crippen LogP contribution is -2.34. The summed E-state index contributed by atoms with van der Waals surface area (Å²) in [4.78, 5) is 24.2. The second-order valence-corrected chi connectivity index (χ2v) is 9.05. The third kappa shape index (κ3) is 9.67. The molecule has 2 amide bonds. The number of hydrogen-bond donors (Lipinski definition) is 2. The summed E-state index contributed by atoms with van der Waals surface area (Å²) in [6, 6.07) is 17.7. The van der Waals surface area contributed by atoms with E-state index in [1.54, 1.807) is 18.3 Å². The molecule has 0 bridgehead atoms. The summed E-state index contributed by atoms with van der Waals surface area (Å²) < 4.78 is 19.2. The molecule has 0 saturated carbocycles. The molecule has 37 heavy (non-hydrogen) atoms. The molecule has 0 fully saturated rings. The van der Waals surface area contributed by atoms with E-state index in [9.17, 15) is 14.0 Å². The summed E-state index contributed by atoms with van der Waals surface area (Å²) in [5, 5.41) is 8.67. The Morgan fingerprint density at radius 3 is 2.41 bits per heavy atom. The van der Waals surface area contributed by atoms with Crippen LogP contribution in [-0.2, 0) is 16.2 Å². The van der Waals surface area contributed by atoms with Crippen molar-refractivity contribution in [3.05, 3.63) is 77.6 Å². The molecule has 0 unspecified atom stereocenters. The Kier molecular flexibility index (Phi) is 11.6. The van der Waals surface area contributed by atoms with E-state index >= 15 is 0 Å². The third-order valence-corrected chi connectivity index (χ3v) is 6.07. The Balaban J connectivity index is 1.50. The molecule has 0 aliphatic carbocycles. The highest BCUT2D eigenvalue weighted by molar-refractivity contribution is 6.02. The first-order valence-corrected chi connectivity index (χ1v) is 13.0. The molecule has 3 aromatic carbocycles. The number of unbranched alkanes of at least 4 members (excludes halogenated alkanes) is 6. The van der Waals surface area contributed by atoms with Crippen molar-refractivity contribution in [3.8, 4) is 5.75 Å². The normalized spacial score (nSPS) is 11.1. The molecule has 0 saturated heterocycles. The third-order valence-electron chi connectivity index (χ3n) is 6.07. The molecule has 0 spiro atoms. The van der Waals surface area contributed by atoms with Crippen molar-refractivity contribution in [1.29, 1.82) is 0 Å². The molecule has 2 N–H and O–H groups in total. The van der Waals surface area contributed by atoms with E-state index < -0.39 is 5.91 Å². The van der Waals surface area contributed by atoms with Crippen LogP contribution in [0.1, 0.15) is 69.4 Å². The quantitative estimate of drug-likeness (QED) is 0.145. The molecule has 0 aromatic heterocycles. The number of nitrogens with one attached hydrogen (secondary N) is 2. The Labute approximate surface area is 218 Å². The lowest BCUT2D eigenvalue weighted by Gasteiger charge is -2.12. The van der Waals surface area contributed by atoms with Gasteiger partial charge in [-0.1, -0.05) is 87.9 Å². The number of hydrogen-bond acceptors (Lipinski definition) is 4. The number of nitrogens with zero attached hydrogens (tertiary/aromatic N) is 1. The van der Waals surface area contributed by atoms with Crippen molar-refractivity contribution in [3.63, 3.8) is 0 Å². The van der Waals surface area contributed by atoms with Crippen molar-refractivity contribution >= 4 is 28.8 Å². The highest BCUT2D eigenvalue weighted by Crippen LogP contribution is 2.27. The Morgan fingerprint density at radius 2 is 1.62 bits per heavy atom. The minimum atomic E-state index is -0.404. The summed E-state index contributed by atoms with van der Waals surface area (Å²) in [5.41, 5.74) is 4.02. The Bertz CT molecular complexity index is 1180. The zero-order valence-electron chi connectivity index (χ0n) is 21.5. The van der Waals surface area contributed by atoms with Gasteiger partial charge in [0.2, 0.25) is 5.91 Å². The molecule has 3 aromatic rings. The molecule has 0 radical (unpaired) electrons. The number of halogens is 1. The average molecular weight is 506 g/mol. The standard InChI is InChI=1S/C30H36FN3O3/c1-2-3-4-5-6-7-8-13-29(35)32-21-30(36)34-33-20-27-26-12-10-9-11-24(26)16-19-28(27)37-22-23-14-17-25(31)18-15-23/h9-12,14-20H,2-8,13,21-22H2,1H3,(H,32,35)(H,34,36)/b33-20+. The van der Waals surface area contributed by atoms with E-state index in [-0.39, 0.29) is 24.9 Å². The van der Waals surface area contributed by atoms with Gasteiger partial charge < -0.3 is 10.1 Å². The number of carbonyl (C=O) groups is 2. The maximum Gasteiger partial charge on any atom is 0.259 e. The Morgan fingerprint density at radius 1 is 0.892 bits per heavy atom. The molecule has 0 heterocycles. The number of ether oxygens (including phenoxy) is 1. The number of rotatable bonds is 15. The molecule has 0 aliphatic rings. The zero-order chi connectivity index (χ0) is 26.3. The molecular weight excluding hydrogens is 469 g/mol. The van der Waals surface area contributed by atoms with Gasteiger partial charge in [0, 0.05) is 12.0 Å². The summed E-state index contributed by atoms with van der Waals surface area (Å²) in [6.45, 7) is 2.33. The van der Waals surface area contributed by atoms with Crippen molar-refractivity contribution in [1.82, 2.24) is 10.7 Å². The first-order valence-electron chi connectivity index (χ1n) is 13.0. The number of amides is 2.